The molecule has 15 aromatic carbocycles. The summed E-state index contributed by atoms with van der Waals surface area (Å²) in [7, 11) is 0. The van der Waals surface area contributed by atoms with Crippen molar-refractivity contribution in [3.63, 3.8) is 0 Å². The van der Waals surface area contributed by atoms with Gasteiger partial charge in [-0.15, -0.1) is 0 Å². The van der Waals surface area contributed by atoms with Gasteiger partial charge < -0.3 is 26.2 Å². The Balaban J connectivity index is 0.000000217. The Hall–Kier alpha value is -6.80. The number of amides is 4. The third-order valence-electron chi connectivity index (χ3n) is 22.2. The fourth-order valence-corrected chi connectivity index (χ4v) is 18.7. The Morgan fingerprint density at radius 2 is 0.627 bits per heavy atom. The summed E-state index contributed by atoms with van der Waals surface area (Å²) in [5, 5.41) is 32.5. The number of para-hydroxylation sites is 2. The van der Waals surface area contributed by atoms with Crippen molar-refractivity contribution in [3.8, 4) is 28.7 Å². The van der Waals surface area contributed by atoms with E-state index in [0.29, 0.717) is 67.8 Å². The summed E-state index contributed by atoms with van der Waals surface area (Å²) in [6.45, 7) is 36.2. The van der Waals surface area contributed by atoms with Crippen LogP contribution in [0.1, 0.15) is 231 Å². The van der Waals surface area contributed by atoms with Gasteiger partial charge in [-0.25, -0.2) is 9.80 Å². The molecule has 17 rings (SSSR count). The van der Waals surface area contributed by atoms with E-state index in [0.717, 1.165) is 121 Å². The van der Waals surface area contributed by atoms with E-state index in [1.807, 2.05) is 97.1 Å². The minimum Gasteiger partial charge on any atom is -1.00 e. The predicted octanol–water partition coefficient (Wildman–Crippen LogP) is 22.7. The minimum absolute atomic E-state index is 0. The first kappa shape index (κ1) is 91.9. The summed E-state index contributed by atoms with van der Waals surface area (Å²) in [4.78, 5) is 73.9. The van der Waals surface area contributed by atoms with Gasteiger partial charge in [-0.3, -0.25) is 24.0 Å². The number of fused-ring (bicyclic) bond motifs is 4. The molecule has 118 heavy (non-hydrogen) atoms. The molecule has 0 spiro atoms. The van der Waals surface area contributed by atoms with Gasteiger partial charge in [-0.05, 0) is 195 Å². The Kier molecular flexibility index (Phi) is 28.0. The molecule has 4 amide bonds. The van der Waals surface area contributed by atoms with Crippen LogP contribution in [0.25, 0.3) is 86.2 Å². The van der Waals surface area contributed by atoms with Crippen molar-refractivity contribution in [3.05, 3.63) is 273 Å². The van der Waals surface area contributed by atoms with Gasteiger partial charge in [0.25, 0.3) is 30.1 Å². The molecule has 0 atom stereocenters. The third kappa shape index (κ3) is 16.8. The number of rotatable bonds is 11. The number of imide groups is 2. The second-order valence-electron chi connectivity index (χ2n) is 34.1. The molecule has 15 aromatic rings. The van der Waals surface area contributed by atoms with Crippen LogP contribution in [0.2, 0.25) is 0 Å². The van der Waals surface area contributed by atoms with Crippen LogP contribution < -0.4 is 127 Å². The van der Waals surface area contributed by atoms with E-state index in [-0.39, 0.29) is 182 Å². The number of carbonyl (C=O) groups excluding carboxylic acids is 5. The molecule has 0 radical (unpaired) electrons. The van der Waals surface area contributed by atoms with E-state index < -0.39 is 0 Å². The topological polar surface area (TPSA) is 163 Å². The summed E-state index contributed by atoms with van der Waals surface area (Å²) in [6, 6.07) is 64.4. The summed E-state index contributed by atoms with van der Waals surface area (Å²) in [5.74, 6) is 1.75. The predicted molar refractivity (Wildman–Crippen MR) is 490 cm³/mol. The van der Waals surface area contributed by atoms with Gasteiger partial charge in [-0.2, -0.15) is 0 Å². The number of anilines is 2. The molecule has 0 saturated carbocycles. The second-order valence-corrected chi connectivity index (χ2v) is 37.5. The summed E-state index contributed by atoms with van der Waals surface area (Å²) in [5.41, 5.74) is 10.8. The summed E-state index contributed by atoms with van der Waals surface area (Å²) >= 11 is 15.3. The zero-order chi connectivity index (χ0) is 82.7. The summed E-state index contributed by atoms with van der Waals surface area (Å²) in [6.07, 6.45) is 0. The zero-order valence-electron chi connectivity index (χ0n) is 70.4. The first-order valence-corrected chi connectivity index (χ1v) is 41.9. The Morgan fingerprint density at radius 3 is 0.941 bits per heavy atom. The number of phenols is 1. The van der Waals surface area contributed by atoms with Crippen LogP contribution in [0, 0.1) is 0 Å². The number of hydrogen-bond donors (Lipinski definition) is 1. The molecule has 594 valence electrons. The van der Waals surface area contributed by atoms with Crippen LogP contribution in [0.4, 0.5) is 11.4 Å². The van der Waals surface area contributed by atoms with Gasteiger partial charge in [-0.1, -0.05) is 310 Å². The van der Waals surface area contributed by atoms with Gasteiger partial charge in [0.15, 0.2) is 0 Å². The third-order valence-corrected chi connectivity index (χ3v) is 24.9. The monoisotopic (exact) mass is 1880 g/mol. The van der Waals surface area contributed by atoms with Crippen molar-refractivity contribution in [2.24, 2.45) is 0 Å². The van der Waals surface area contributed by atoms with Gasteiger partial charge >= 0.3 is 103 Å². The van der Waals surface area contributed by atoms with E-state index in [9.17, 15) is 9.59 Å². The number of nitrogens with zero attached hydrogens (tertiary/aromatic N) is 2. The van der Waals surface area contributed by atoms with E-state index in [1.54, 1.807) is 12.1 Å². The maximum Gasteiger partial charge on any atom is 1.00 e. The number of phenolic OH excluding ortho intramolecular Hbond substituents is 1. The standard InChI is InChI=1S/C54H50BrNO4.C34H24Br3NO2.C10H14O.CH2O3.CH4.2K.H/c1-29(2)35-13-11-14-36(30(3)4)50(35)56-51(57)40-27-43(59-33-21-17-31(18-22-33)53(5,6)7)47-38-16-12-15-37-42(55)26-25-39(45(37)38)48-44(28-41(52(56)58)46(40)49(47)48)60-34-23-19-32(20-24-34)54(8,9)10;1-15(2)17-7-5-8-18(16(3)4)32(17)38-33(39)22-13-25(36)29-20-10-6-9-19-24(35)12-11-21(27(19)20)30-26(37)14-23(34(38)40)28(22)31(29)30;1-10(2,3)8-4-6-9(11)7-5-8;2-1-4-3;;;;/h11-30H,1-10H3;5-16H,1-4H3;4-7,11H,1-3H3;1,3H;1H4;;;/q;;;;;2*+1;-1/p-1. The summed E-state index contributed by atoms with van der Waals surface area (Å²) < 4.78 is 17.6. The van der Waals surface area contributed by atoms with E-state index >= 15 is 9.59 Å². The number of halogens is 4. The van der Waals surface area contributed by atoms with Crippen LogP contribution in [0.5, 0.6) is 28.7 Å². The molecule has 2 aliphatic heterocycles. The van der Waals surface area contributed by atoms with Crippen LogP contribution in [-0.2, 0) is 25.9 Å². The van der Waals surface area contributed by atoms with Crippen molar-refractivity contribution in [1.29, 1.82) is 0 Å². The molecule has 12 nitrogen and oxygen atoms in total. The fraction of sp³-hybridized carbons (Fsp3) is 0.250. The largest absolute Gasteiger partial charge is 1.00 e. The van der Waals surface area contributed by atoms with E-state index in [4.69, 9.17) is 24.6 Å². The van der Waals surface area contributed by atoms with Crippen molar-refractivity contribution in [2.75, 3.05) is 9.80 Å². The average molecular weight is 1880 g/mol. The van der Waals surface area contributed by atoms with Crippen molar-refractivity contribution < 1.29 is 153 Å². The quantitative estimate of drug-likeness (QED) is 0.0251. The molecule has 2 heterocycles. The van der Waals surface area contributed by atoms with Crippen LogP contribution in [-0.4, -0.2) is 35.2 Å². The zero-order valence-corrected chi connectivity index (χ0v) is 82.0. The minimum atomic E-state index is -0.376. The van der Waals surface area contributed by atoms with Crippen molar-refractivity contribution in [2.45, 2.75) is 165 Å². The first-order valence-electron chi connectivity index (χ1n) is 38.7. The molecular weight excluding hydrogens is 1790 g/mol. The number of aromatic hydroxyl groups is 1. The van der Waals surface area contributed by atoms with Crippen LogP contribution in [0.15, 0.2) is 212 Å². The van der Waals surface area contributed by atoms with Gasteiger partial charge in [0.05, 0.1) is 33.6 Å². The molecule has 0 unspecified atom stereocenters. The maximum absolute atomic E-state index is 15.4. The molecule has 18 heteroatoms. The van der Waals surface area contributed by atoms with E-state index in [2.05, 4.69) is 271 Å². The molecule has 0 saturated heterocycles. The molecule has 0 aliphatic carbocycles. The number of carbonyl (C=O) groups is 5. The second kappa shape index (κ2) is 35.9. The Labute approximate surface area is 810 Å². The molecule has 0 bridgehead atoms. The fourth-order valence-electron chi connectivity index (χ4n) is 16.5. The van der Waals surface area contributed by atoms with Gasteiger partial charge in [0, 0.05) is 61.0 Å². The van der Waals surface area contributed by atoms with Crippen molar-refractivity contribution >= 4 is 191 Å². The van der Waals surface area contributed by atoms with Crippen LogP contribution >= 0.6 is 63.7 Å². The molecule has 0 aromatic heterocycles. The van der Waals surface area contributed by atoms with E-state index in [1.165, 1.54) is 26.5 Å². The van der Waals surface area contributed by atoms with Gasteiger partial charge in [0.2, 0.25) is 0 Å². The number of hydrogen-bond acceptors (Lipinski definition) is 10. The SMILES string of the molecule is C.CC(C)(C)c1ccc(O)cc1.CC(C)c1cccc(C(C)C)c1N1C(=O)c2cc(Br)c3c4cccc5c(Br)ccc(c6c(Br)cc(c2c36)C1=O)c54.CC(C)c1cccc(C(C)C)c1N1C(=O)c2cc(Oc3ccc(C(C)(C)C)cc3)c3c4cccc5c(Br)ccc(c6c(Oc7ccc(C(C)(C)C)cc7)cc(c2c36)C1=O)c54.O=CO[O-].[H-].[K+].[K+]. The molecule has 2 aliphatic rings. The number of ether oxygens (including phenoxy) is 2. The van der Waals surface area contributed by atoms with Crippen molar-refractivity contribution in [1.82, 2.24) is 0 Å². The Morgan fingerprint density at radius 1 is 0.356 bits per heavy atom. The smallest absolute Gasteiger partial charge is 1.00 e. The van der Waals surface area contributed by atoms with Crippen LogP contribution in [0.3, 0.4) is 0 Å². The normalized spacial score (nSPS) is 12.9. The number of benzene rings is 15. The van der Waals surface area contributed by atoms with Gasteiger partial charge in [0.1, 0.15) is 28.7 Å². The Bertz CT molecular complexity index is 6210. The molecule has 1 N–H and O–H groups in total. The molecule has 0 fully saturated rings. The average Bonchev–Trinajstić information content (AvgIpc) is 0.690. The maximum atomic E-state index is 15.4. The molecular formula is C100H94Br4K2N2O10. The first-order chi connectivity index (χ1) is 54.5.